The van der Waals surface area contributed by atoms with Gasteiger partial charge in [0.25, 0.3) is 0 Å². The number of amides is 1. The molecule has 1 rings (SSSR count). The fourth-order valence-electron chi connectivity index (χ4n) is 2.28. The summed E-state index contributed by atoms with van der Waals surface area (Å²) in [6, 6.07) is 6.09. The largest absolute Gasteiger partial charge is 0.396 e. The van der Waals surface area contributed by atoms with Crippen LogP contribution in [0.2, 0.25) is 0 Å². The van der Waals surface area contributed by atoms with Gasteiger partial charge in [-0.25, -0.2) is 8.42 Å². The van der Waals surface area contributed by atoms with Crippen molar-refractivity contribution in [1.82, 2.24) is 5.32 Å². The van der Waals surface area contributed by atoms with Crippen molar-refractivity contribution < 1.29 is 33.0 Å². The van der Waals surface area contributed by atoms with Gasteiger partial charge in [-0.1, -0.05) is 26.0 Å². The normalized spacial score (nSPS) is 13.0. The minimum absolute atomic E-state index is 0.0226. The maximum atomic E-state index is 11.9. The highest BCUT2D eigenvalue weighted by atomic mass is 32.2. The Morgan fingerprint density at radius 3 is 2.11 bits per heavy atom. The number of carbonyl (C=O) groups excluding carboxylic acids is 3. The first-order chi connectivity index (χ1) is 12.9. The topological polar surface area (TPSA) is 138 Å². The van der Waals surface area contributed by atoms with Gasteiger partial charge in [-0.3, -0.25) is 14.4 Å². The molecule has 1 aromatic rings. The molecule has 0 fully saturated rings. The third kappa shape index (κ3) is 7.14. The Labute approximate surface area is 164 Å². The van der Waals surface area contributed by atoms with Crippen molar-refractivity contribution in [2.45, 2.75) is 44.1 Å². The number of aliphatic hydroxyl groups is 2. The number of benzene rings is 1. The molecular weight excluding hydrogens is 386 g/mol. The van der Waals surface area contributed by atoms with E-state index in [0.717, 1.165) is 11.8 Å². The van der Waals surface area contributed by atoms with E-state index in [2.05, 4.69) is 5.32 Å². The van der Waals surface area contributed by atoms with Crippen LogP contribution in [-0.4, -0.2) is 61.6 Å². The monoisotopic (exact) mass is 413 g/mol. The third-order valence-electron chi connectivity index (χ3n) is 4.35. The summed E-state index contributed by atoms with van der Waals surface area (Å²) in [7, 11) is -3.29. The highest BCUT2D eigenvalue weighted by Crippen LogP contribution is 2.19. The number of sulfone groups is 1. The summed E-state index contributed by atoms with van der Waals surface area (Å²) in [5.74, 6) is -1.94. The molecule has 0 spiro atoms. The van der Waals surface area contributed by atoms with Crippen LogP contribution in [0.5, 0.6) is 0 Å². The number of rotatable bonds is 11. The molecule has 0 aliphatic rings. The first-order valence-corrected chi connectivity index (χ1v) is 10.7. The Morgan fingerprint density at radius 2 is 1.61 bits per heavy atom. The predicted molar refractivity (Wildman–Crippen MR) is 102 cm³/mol. The van der Waals surface area contributed by atoms with Crippen molar-refractivity contribution in [3.05, 3.63) is 29.8 Å². The Morgan fingerprint density at radius 1 is 1.07 bits per heavy atom. The number of hydrogen-bond acceptors (Lipinski definition) is 7. The standard InChI is InChI=1S/C19H27NO7S/c1-19(2,12-21)17(24)18(25)20-11-10-16(23)15(22)9-6-13-4-7-14(8-5-13)28(3,26)27/h4-5,7-8,17,21,24H,6,9-12H2,1-3H3,(H,20,25)/t17-/m0/s1. The summed E-state index contributed by atoms with van der Waals surface area (Å²) in [5, 5.41) is 21.4. The average Bonchev–Trinajstić information content (AvgIpc) is 2.64. The van der Waals surface area contributed by atoms with E-state index in [1.165, 1.54) is 26.0 Å². The van der Waals surface area contributed by atoms with E-state index in [9.17, 15) is 27.9 Å². The van der Waals surface area contributed by atoms with Gasteiger partial charge in [-0.15, -0.1) is 0 Å². The van der Waals surface area contributed by atoms with Gasteiger partial charge < -0.3 is 15.5 Å². The maximum Gasteiger partial charge on any atom is 0.249 e. The molecule has 3 N–H and O–H groups in total. The molecule has 8 nitrogen and oxygen atoms in total. The molecular formula is C19H27NO7S. The van der Waals surface area contributed by atoms with Crippen LogP contribution in [0.15, 0.2) is 29.2 Å². The van der Waals surface area contributed by atoms with Crippen molar-refractivity contribution in [1.29, 1.82) is 0 Å². The Balaban J connectivity index is 2.43. The molecule has 0 saturated heterocycles. The lowest BCUT2D eigenvalue weighted by Gasteiger charge is -2.27. The van der Waals surface area contributed by atoms with E-state index in [4.69, 9.17) is 5.11 Å². The van der Waals surface area contributed by atoms with Crippen molar-refractivity contribution >= 4 is 27.3 Å². The molecule has 9 heteroatoms. The number of carbonyl (C=O) groups is 3. The zero-order valence-corrected chi connectivity index (χ0v) is 17.1. The molecule has 28 heavy (non-hydrogen) atoms. The summed E-state index contributed by atoms with van der Waals surface area (Å²) < 4.78 is 22.8. The van der Waals surface area contributed by atoms with E-state index in [1.54, 1.807) is 12.1 Å². The second-order valence-electron chi connectivity index (χ2n) is 7.35. The molecule has 1 amide bonds. The molecule has 0 unspecified atom stereocenters. The van der Waals surface area contributed by atoms with Crippen molar-refractivity contribution in [2.24, 2.45) is 5.41 Å². The molecule has 0 aliphatic carbocycles. The molecule has 0 heterocycles. The van der Waals surface area contributed by atoms with E-state index in [-0.39, 0.29) is 30.9 Å². The van der Waals surface area contributed by atoms with E-state index >= 15 is 0 Å². The smallest absolute Gasteiger partial charge is 0.249 e. The van der Waals surface area contributed by atoms with Gasteiger partial charge in [-0.05, 0) is 24.1 Å². The van der Waals surface area contributed by atoms with Crippen LogP contribution >= 0.6 is 0 Å². The molecule has 1 aromatic carbocycles. The summed E-state index contributed by atoms with van der Waals surface area (Å²) in [6.07, 6.45) is -0.246. The van der Waals surface area contributed by atoms with Crippen LogP contribution in [0.1, 0.15) is 32.3 Å². The van der Waals surface area contributed by atoms with Crippen LogP contribution in [0.25, 0.3) is 0 Å². The molecule has 0 aliphatic heterocycles. The quantitative estimate of drug-likeness (QED) is 0.436. The highest BCUT2D eigenvalue weighted by Gasteiger charge is 2.32. The van der Waals surface area contributed by atoms with Crippen LogP contribution in [0.3, 0.4) is 0 Å². The lowest BCUT2D eigenvalue weighted by atomic mass is 9.87. The van der Waals surface area contributed by atoms with Crippen molar-refractivity contribution in [3.63, 3.8) is 0 Å². The summed E-state index contributed by atoms with van der Waals surface area (Å²) in [5.41, 5.74) is -0.285. The lowest BCUT2D eigenvalue weighted by Crippen LogP contribution is -2.46. The minimum Gasteiger partial charge on any atom is -0.396 e. The Hall–Kier alpha value is -2.10. The second kappa shape index (κ2) is 9.90. The van der Waals surface area contributed by atoms with Gasteiger partial charge in [-0.2, -0.15) is 0 Å². The molecule has 0 aromatic heterocycles. The number of aliphatic hydroxyl groups excluding tert-OH is 2. The molecule has 156 valence electrons. The Bertz CT molecular complexity index is 813. The van der Waals surface area contributed by atoms with Gasteiger partial charge in [0.15, 0.2) is 21.4 Å². The van der Waals surface area contributed by atoms with Crippen LogP contribution in [0, 0.1) is 5.41 Å². The zero-order chi connectivity index (χ0) is 21.5. The number of hydrogen-bond donors (Lipinski definition) is 3. The van der Waals surface area contributed by atoms with Gasteiger partial charge in [0.1, 0.15) is 6.10 Å². The molecule has 0 saturated carbocycles. The van der Waals surface area contributed by atoms with Crippen LogP contribution < -0.4 is 5.32 Å². The first kappa shape index (κ1) is 23.9. The second-order valence-corrected chi connectivity index (χ2v) is 9.37. The van der Waals surface area contributed by atoms with Crippen LogP contribution in [-0.2, 0) is 30.6 Å². The van der Waals surface area contributed by atoms with E-state index in [1.807, 2.05) is 0 Å². The highest BCUT2D eigenvalue weighted by molar-refractivity contribution is 7.90. The lowest BCUT2D eigenvalue weighted by molar-refractivity contribution is -0.138. The summed E-state index contributed by atoms with van der Waals surface area (Å²) >= 11 is 0. The average molecular weight is 413 g/mol. The molecule has 1 atom stereocenters. The Kier molecular flexibility index (Phi) is 8.47. The predicted octanol–water partition coefficient (Wildman–Crippen LogP) is 0.0466. The number of Topliss-reactive ketones (excluding diaryl/α,β-unsaturated/α-hetero) is 2. The molecule has 0 bridgehead atoms. The van der Waals surface area contributed by atoms with Crippen molar-refractivity contribution in [2.75, 3.05) is 19.4 Å². The fourth-order valence-corrected chi connectivity index (χ4v) is 2.91. The van der Waals surface area contributed by atoms with Gasteiger partial charge >= 0.3 is 0 Å². The zero-order valence-electron chi connectivity index (χ0n) is 16.3. The van der Waals surface area contributed by atoms with Crippen molar-refractivity contribution in [3.8, 4) is 0 Å². The molecule has 0 radical (unpaired) electrons. The van der Waals surface area contributed by atoms with Gasteiger partial charge in [0.2, 0.25) is 5.91 Å². The SMILES string of the molecule is CC(C)(CO)[C@@H](O)C(=O)NCCC(=O)C(=O)CCc1ccc(S(C)(=O)=O)cc1. The number of ketones is 2. The third-order valence-corrected chi connectivity index (χ3v) is 5.48. The maximum absolute atomic E-state index is 11.9. The summed E-state index contributed by atoms with van der Waals surface area (Å²) in [4.78, 5) is 35.8. The first-order valence-electron chi connectivity index (χ1n) is 8.80. The van der Waals surface area contributed by atoms with Crippen LogP contribution in [0.4, 0.5) is 0 Å². The van der Waals surface area contributed by atoms with E-state index < -0.39 is 38.8 Å². The summed E-state index contributed by atoms with van der Waals surface area (Å²) in [6.45, 7) is 2.57. The fraction of sp³-hybridized carbons (Fsp3) is 0.526. The van der Waals surface area contributed by atoms with Gasteiger partial charge in [0.05, 0.1) is 11.5 Å². The van der Waals surface area contributed by atoms with E-state index in [0.29, 0.717) is 6.42 Å². The van der Waals surface area contributed by atoms with Gasteiger partial charge in [0, 0.05) is 31.1 Å². The number of nitrogens with one attached hydrogen (secondary N) is 1. The minimum atomic E-state index is -3.29. The number of aryl methyl sites for hydroxylation is 1.